The third-order valence-electron chi connectivity index (χ3n) is 5.95. The van der Waals surface area contributed by atoms with Gasteiger partial charge in [0.2, 0.25) is 15.9 Å². The Morgan fingerprint density at radius 3 is 2.62 bits per heavy atom. The second-order valence-corrected chi connectivity index (χ2v) is 10.2. The second kappa shape index (κ2) is 8.02. The van der Waals surface area contributed by atoms with Crippen LogP contribution in [0.1, 0.15) is 41.5 Å². The third kappa shape index (κ3) is 3.62. The standard InChI is InChI=1S/C21H22ClFN4O4S/c1-11-5-7-15(23)18(12(11)2)13(3)19(20-24-25-21(28)31-20)27-10-26(4)16-9-14(22)6-8-17(16)32(27,29)30/h5-9,13,19H,10H2,1-4H3,(H,25,28)/t13-,19-/m0/s1. The Kier molecular flexibility index (Phi) is 5.64. The van der Waals surface area contributed by atoms with E-state index in [0.717, 1.165) is 5.56 Å². The SMILES string of the molecule is Cc1ccc(F)c([C@H](C)[C@@H](c2n[nH]c(=O)o2)N2CN(C)c3cc(Cl)ccc3S2(=O)=O)c1C. The summed E-state index contributed by atoms with van der Waals surface area (Å²) in [6.45, 7) is 5.24. The maximum absolute atomic E-state index is 15.0. The van der Waals surface area contributed by atoms with Gasteiger partial charge in [-0.2, -0.15) is 4.31 Å². The van der Waals surface area contributed by atoms with Crippen molar-refractivity contribution in [3.05, 3.63) is 74.3 Å². The van der Waals surface area contributed by atoms with E-state index in [4.69, 9.17) is 16.0 Å². The van der Waals surface area contributed by atoms with Crippen LogP contribution >= 0.6 is 11.6 Å². The number of hydrogen-bond acceptors (Lipinski definition) is 6. The maximum Gasteiger partial charge on any atom is 0.434 e. The molecule has 0 saturated carbocycles. The number of anilines is 1. The van der Waals surface area contributed by atoms with Gasteiger partial charge in [-0.05, 0) is 54.8 Å². The molecule has 1 aliphatic rings. The van der Waals surface area contributed by atoms with E-state index in [-0.39, 0.29) is 17.5 Å². The lowest BCUT2D eigenvalue weighted by Gasteiger charge is -2.40. The predicted octanol–water partition coefficient (Wildman–Crippen LogP) is 3.72. The molecule has 0 unspecified atom stereocenters. The Balaban J connectivity index is 1.92. The van der Waals surface area contributed by atoms with Gasteiger partial charge in [0.15, 0.2) is 0 Å². The van der Waals surface area contributed by atoms with Gasteiger partial charge in [0.05, 0.1) is 12.4 Å². The van der Waals surface area contributed by atoms with Gasteiger partial charge < -0.3 is 9.32 Å². The van der Waals surface area contributed by atoms with Crippen molar-refractivity contribution in [2.45, 2.75) is 37.6 Å². The molecule has 1 N–H and O–H groups in total. The molecule has 1 aliphatic heterocycles. The van der Waals surface area contributed by atoms with E-state index in [1.165, 1.54) is 22.5 Å². The number of aryl methyl sites for hydroxylation is 1. The summed E-state index contributed by atoms with van der Waals surface area (Å²) >= 11 is 6.07. The fourth-order valence-corrected chi connectivity index (χ4v) is 6.24. The van der Waals surface area contributed by atoms with Crippen LogP contribution in [0, 0.1) is 19.7 Å². The Bertz CT molecular complexity index is 1350. The first-order valence-electron chi connectivity index (χ1n) is 9.86. The summed E-state index contributed by atoms with van der Waals surface area (Å²) in [5.74, 6) is -2.16. The molecule has 8 nitrogen and oxygen atoms in total. The summed E-state index contributed by atoms with van der Waals surface area (Å²) in [4.78, 5) is 13.5. The molecule has 170 valence electrons. The highest BCUT2D eigenvalue weighted by Crippen LogP contribution is 2.44. The Morgan fingerprint density at radius 1 is 1.25 bits per heavy atom. The fourth-order valence-electron chi connectivity index (χ4n) is 4.21. The van der Waals surface area contributed by atoms with Crippen LogP contribution in [0.15, 0.2) is 44.4 Å². The number of nitrogens with one attached hydrogen (secondary N) is 1. The number of halogens is 2. The van der Waals surface area contributed by atoms with Crippen LogP contribution in [0.3, 0.4) is 0 Å². The van der Waals surface area contributed by atoms with Gasteiger partial charge in [-0.1, -0.05) is 24.6 Å². The van der Waals surface area contributed by atoms with E-state index in [1.54, 1.807) is 37.9 Å². The number of H-pyrrole nitrogens is 1. The fraction of sp³-hybridized carbons (Fsp3) is 0.333. The first-order valence-corrected chi connectivity index (χ1v) is 11.7. The normalized spacial score (nSPS) is 17.8. The maximum atomic E-state index is 15.0. The minimum Gasteiger partial charge on any atom is -0.391 e. The van der Waals surface area contributed by atoms with Crippen LogP contribution in [0.2, 0.25) is 5.02 Å². The zero-order valence-corrected chi connectivity index (χ0v) is 19.5. The lowest BCUT2D eigenvalue weighted by Crippen LogP contribution is -2.48. The van der Waals surface area contributed by atoms with Crippen LogP contribution in [0.25, 0.3) is 0 Å². The summed E-state index contributed by atoms with van der Waals surface area (Å²) in [5, 5.41) is 6.49. The third-order valence-corrected chi connectivity index (χ3v) is 8.05. The van der Waals surface area contributed by atoms with Crippen LogP contribution < -0.4 is 10.7 Å². The van der Waals surface area contributed by atoms with Crippen molar-refractivity contribution >= 4 is 27.3 Å². The highest BCUT2D eigenvalue weighted by molar-refractivity contribution is 7.89. The van der Waals surface area contributed by atoms with Crippen molar-refractivity contribution in [1.29, 1.82) is 0 Å². The van der Waals surface area contributed by atoms with Gasteiger partial charge in [-0.3, -0.25) is 0 Å². The van der Waals surface area contributed by atoms with Gasteiger partial charge in [-0.15, -0.1) is 5.10 Å². The molecular weight excluding hydrogens is 459 g/mol. The molecule has 0 bridgehead atoms. The molecule has 2 atom stereocenters. The molecule has 2 heterocycles. The zero-order valence-electron chi connectivity index (χ0n) is 17.9. The molecular formula is C21H22ClFN4O4S. The van der Waals surface area contributed by atoms with E-state index >= 15 is 0 Å². The Labute approximate surface area is 189 Å². The minimum atomic E-state index is -4.06. The monoisotopic (exact) mass is 480 g/mol. The molecule has 0 saturated heterocycles. The van der Waals surface area contributed by atoms with Crippen molar-refractivity contribution in [1.82, 2.24) is 14.5 Å². The largest absolute Gasteiger partial charge is 0.434 e. The molecule has 0 aliphatic carbocycles. The molecule has 2 aromatic carbocycles. The Morgan fingerprint density at radius 2 is 1.97 bits per heavy atom. The van der Waals surface area contributed by atoms with E-state index < -0.39 is 33.6 Å². The zero-order chi connectivity index (χ0) is 23.4. The molecule has 0 spiro atoms. The summed E-state index contributed by atoms with van der Waals surface area (Å²) in [7, 11) is -2.34. The van der Waals surface area contributed by atoms with E-state index in [9.17, 15) is 17.6 Å². The average Bonchev–Trinajstić information content (AvgIpc) is 3.15. The summed E-state index contributed by atoms with van der Waals surface area (Å²) in [6, 6.07) is 6.42. The molecule has 1 aromatic heterocycles. The molecule has 0 fully saturated rings. The number of rotatable bonds is 4. The van der Waals surface area contributed by atoms with Gasteiger partial charge in [0.1, 0.15) is 16.8 Å². The first kappa shape index (κ1) is 22.5. The average molecular weight is 481 g/mol. The van der Waals surface area contributed by atoms with Crippen molar-refractivity contribution in [2.75, 3.05) is 18.6 Å². The van der Waals surface area contributed by atoms with Gasteiger partial charge in [-0.25, -0.2) is 22.7 Å². The molecule has 0 amide bonds. The van der Waals surface area contributed by atoms with Gasteiger partial charge in [0.25, 0.3) is 0 Å². The van der Waals surface area contributed by atoms with Crippen LogP contribution in [0.4, 0.5) is 10.1 Å². The molecule has 3 aromatic rings. The van der Waals surface area contributed by atoms with E-state index in [2.05, 4.69) is 10.2 Å². The first-order chi connectivity index (χ1) is 15.0. The van der Waals surface area contributed by atoms with Crippen LogP contribution in [0.5, 0.6) is 0 Å². The highest BCUT2D eigenvalue weighted by Gasteiger charge is 2.44. The number of aromatic nitrogens is 2. The molecule has 4 rings (SSSR count). The summed E-state index contributed by atoms with van der Waals surface area (Å²) in [6.07, 6.45) is 0. The van der Waals surface area contributed by atoms with Crippen molar-refractivity contribution < 1.29 is 17.2 Å². The number of sulfonamides is 1. The quantitative estimate of drug-likeness (QED) is 0.611. The highest BCUT2D eigenvalue weighted by atomic mass is 35.5. The predicted molar refractivity (Wildman–Crippen MR) is 118 cm³/mol. The topological polar surface area (TPSA) is 99.5 Å². The van der Waals surface area contributed by atoms with Gasteiger partial charge in [0, 0.05) is 18.0 Å². The lowest BCUT2D eigenvalue weighted by atomic mass is 9.87. The number of nitrogens with zero attached hydrogens (tertiary/aromatic N) is 3. The summed E-state index contributed by atoms with van der Waals surface area (Å²) in [5.41, 5.74) is 2.33. The number of fused-ring (bicyclic) bond motifs is 1. The molecule has 0 radical (unpaired) electrons. The number of hydrogen-bond donors (Lipinski definition) is 1. The molecule has 11 heteroatoms. The summed E-state index contributed by atoms with van der Waals surface area (Å²) < 4.78 is 48.7. The van der Waals surface area contributed by atoms with Gasteiger partial charge >= 0.3 is 5.76 Å². The Hall–Kier alpha value is -2.69. The number of benzene rings is 2. The van der Waals surface area contributed by atoms with Crippen molar-refractivity contribution in [2.24, 2.45) is 0 Å². The second-order valence-electron chi connectivity index (χ2n) is 7.93. The smallest absolute Gasteiger partial charge is 0.391 e. The number of aromatic amines is 1. The van der Waals surface area contributed by atoms with Crippen LogP contribution in [-0.4, -0.2) is 36.6 Å². The lowest BCUT2D eigenvalue weighted by molar-refractivity contribution is 0.237. The minimum absolute atomic E-state index is 0.0483. The van der Waals surface area contributed by atoms with Crippen molar-refractivity contribution in [3.8, 4) is 0 Å². The van der Waals surface area contributed by atoms with Crippen LogP contribution in [-0.2, 0) is 10.0 Å². The van der Waals surface area contributed by atoms with Crippen molar-refractivity contribution in [3.63, 3.8) is 0 Å². The molecule has 32 heavy (non-hydrogen) atoms. The van der Waals surface area contributed by atoms with E-state index in [0.29, 0.717) is 21.8 Å². The van der Waals surface area contributed by atoms with E-state index in [1.807, 2.05) is 6.92 Å².